The van der Waals surface area contributed by atoms with Crippen LogP contribution < -0.4 is 5.32 Å². The molecule has 0 bridgehead atoms. The van der Waals surface area contributed by atoms with Gasteiger partial charge in [0.2, 0.25) is 5.91 Å². The van der Waals surface area contributed by atoms with Gasteiger partial charge < -0.3 is 14.6 Å². The van der Waals surface area contributed by atoms with E-state index in [2.05, 4.69) is 17.1 Å². The van der Waals surface area contributed by atoms with Gasteiger partial charge in [0, 0.05) is 19.1 Å². The number of amides is 2. The van der Waals surface area contributed by atoms with Crippen LogP contribution in [0.1, 0.15) is 49.6 Å². The maximum Gasteiger partial charge on any atom is 0.290 e. The lowest BCUT2D eigenvalue weighted by Crippen LogP contribution is -2.53. The third-order valence-corrected chi connectivity index (χ3v) is 5.22. The summed E-state index contributed by atoms with van der Waals surface area (Å²) in [6.45, 7) is 5.58. The molecule has 2 amide bonds. The molecule has 0 radical (unpaired) electrons. The Morgan fingerprint density at radius 2 is 2.12 bits per heavy atom. The summed E-state index contributed by atoms with van der Waals surface area (Å²) in [6, 6.07) is 3.40. The molecule has 3 rings (SSSR count). The smallest absolute Gasteiger partial charge is 0.290 e. The highest BCUT2D eigenvalue weighted by molar-refractivity contribution is 5.95. The molecular weight excluding hydrogens is 306 g/mol. The molecule has 2 aliphatic rings. The van der Waals surface area contributed by atoms with Crippen molar-refractivity contribution in [2.45, 2.75) is 51.1 Å². The van der Waals surface area contributed by atoms with Crippen LogP contribution >= 0.6 is 0 Å². The predicted molar refractivity (Wildman–Crippen MR) is 90.7 cm³/mol. The standard InChI is InChI=1S/C18H27N3O3/c1-2-20-10-5-7-14(20)13-19-17(22)15-8-3-4-11-21(15)18(23)16-9-6-12-24-16/h6,9,12,14-15H,2-5,7-8,10-11,13H2,1H3,(H,19,22). The Morgan fingerprint density at radius 1 is 1.25 bits per heavy atom. The Bertz CT molecular complexity index is 558. The van der Waals surface area contributed by atoms with Crippen LogP contribution in [0, 0.1) is 0 Å². The lowest BCUT2D eigenvalue weighted by molar-refractivity contribution is -0.126. The first-order valence-electron chi connectivity index (χ1n) is 9.07. The van der Waals surface area contributed by atoms with Gasteiger partial charge in [0.15, 0.2) is 5.76 Å². The Kier molecular flexibility index (Phi) is 5.56. The highest BCUT2D eigenvalue weighted by atomic mass is 16.3. The van der Waals surface area contributed by atoms with Crippen LogP contribution in [0.4, 0.5) is 0 Å². The van der Waals surface area contributed by atoms with E-state index in [1.807, 2.05) is 0 Å². The number of rotatable bonds is 5. The van der Waals surface area contributed by atoms with Crippen LogP contribution in [0.2, 0.25) is 0 Å². The number of carbonyl (C=O) groups excluding carboxylic acids is 2. The average Bonchev–Trinajstić information content (AvgIpc) is 3.30. The van der Waals surface area contributed by atoms with Crippen molar-refractivity contribution in [2.75, 3.05) is 26.2 Å². The third-order valence-electron chi connectivity index (χ3n) is 5.22. The van der Waals surface area contributed by atoms with Crippen LogP contribution in [0.25, 0.3) is 0 Å². The molecule has 0 aliphatic carbocycles. The van der Waals surface area contributed by atoms with Crippen molar-refractivity contribution in [1.82, 2.24) is 15.1 Å². The number of nitrogens with zero attached hydrogens (tertiary/aromatic N) is 2. The second kappa shape index (κ2) is 7.83. The maximum atomic E-state index is 12.7. The zero-order chi connectivity index (χ0) is 16.9. The van der Waals surface area contributed by atoms with Gasteiger partial charge >= 0.3 is 0 Å². The lowest BCUT2D eigenvalue weighted by Gasteiger charge is -2.34. The summed E-state index contributed by atoms with van der Waals surface area (Å²) in [5.74, 6) is 0.0936. The first-order valence-corrected chi connectivity index (χ1v) is 9.07. The highest BCUT2D eigenvalue weighted by Crippen LogP contribution is 2.21. The fraction of sp³-hybridized carbons (Fsp3) is 0.667. The number of likely N-dealkylation sites (tertiary alicyclic amines) is 2. The minimum atomic E-state index is -0.382. The Balaban J connectivity index is 1.60. The van der Waals surface area contributed by atoms with Gasteiger partial charge in [0.25, 0.3) is 5.91 Å². The molecule has 1 aromatic heterocycles. The van der Waals surface area contributed by atoms with E-state index in [4.69, 9.17) is 4.42 Å². The van der Waals surface area contributed by atoms with Gasteiger partial charge in [-0.1, -0.05) is 6.92 Å². The van der Waals surface area contributed by atoms with Gasteiger partial charge in [0.1, 0.15) is 6.04 Å². The van der Waals surface area contributed by atoms with E-state index in [0.29, 0.717) is 24.9 Å². The van der Waals surface area contributed by atoms with Gasteiger partial charge in [-0.2, -0.15) is 0 Å². The van der Waals surface area contributed by atoms with Gasteiger partial charge in [0.05, 0.1) is 6.26 Å². The normalized spacial score (nSPS) is 25.0. The van der Waals surface area contributed by atoms with E-state index >= 15 is 0 Å². The number of nitrogens with one attached hydrogen (secondary N) is 1. The molecule has 3 heterocycles. The molecular formula is C18H27N3O3. The molecule has 1 N–H and O–H groups in total. The summed E-state index contributed by atoms with van der Waals surface area (Å²) in [5.41, 5.74) is 0. The van der Waals surface area contributed by atoms with Crippen molar-refractivity contribution < 1.29 is 14.0 Å². The first-order chi connectivity index (χ1) is 11.7. The van der Waals surface area contributed by atoms with E-state index < -0.39 is 0 Å². The van der Waals surface area contributed by atoms with Crippen molar-refractivity contribution in [1.29, 1.82) is 0 Å². The zero-order valence-corrected chi connectivity index (χ0v) is 14.4. The van der Waals surface area contributed by atoms with Crippen LogP contribution in [0.15, 0.2) is 22.8 Å². The second-order valence-corrected chi connectivity index (χ2v) is 6.66. The number of carbonyl (C=O) groups is 2. The van der Waals surface area contributed by atoms with Crippen molar-refractivity contribution in [2.24, 2.45) is 0 Å². The molecule has 2 saturated heterocycles. The minimum absolute atomic E-state index is 0.0300. The van der Waals surface area contributed by atoms with Crippen LogP contribution in [-0.2, 0) is 4.79 Å². The molecule has 132 valence electrons. The summed E-state index contributed by atoms with van der Waals surface area (Å²) >= 11 is 0. The topological polar surface area (TPSA) is 65.8 Å². The van der Waals surface area contributed by atoms with Gasteiger partial charge in [-0.15, -0.1) is 0 Å². The largest absolute Gasteiger partial charge is 0.459 e. The Labute approximate surface area is 143 Å². The lowest BCUT2D eigenvalue weighted by atomic mass is 10.0. The van der Waals surface area contributed by atoms with Crippen molar-refractivity contribution in [3.8, 4) is 0 Å². The van der Waals surface area contributed by atoms with E-state index in [1.54, 1.807) is 17.0 Å². The second-order valence-electron chi connectivity index (χ2n) is 6.66. The Morgan fingerprint density at radius 3 is 2.88 bits per heavy atom. The van der Waals surface area contributed by atoms with E-state index in [0.717, 1.165) is 38.8 Å². The van der Waals surface area contributed by atoms with Crippen LogP contribution in [0.3, 0.4) is 0 Å². The van der Waals surface area contributed by atoms with Crippen molar-refractivity contribution in [3.63, 3.8) is 0 Å². The molecule has 1 aromatic rings. The molecule has 2 atom stereocenters. The molecule has 6 nitrogen and oxygen atoms in total. The summed E-state index contributed by atoms with van der Waals surface area (Å²) < 4.78 is 5.22. The molecule has 0 saturated carbocycles. The van der Waals surface area contributed by atoms with E-state index in [9.17, 15) is 9.59 Å². The maximum absolute atomic E-state index is 12.7. The third kappa shape index (κ3) is 3.64. The average molecular weight is 333 g/mol. The van der Waals surface area contributed by atoms with Crippen molar-refractivity contribution >= 4 is 11.8 Å². The number of hydrogen-bond acceptors (Lipinski definition) is 4. The summed E-state index contributed by atoms with van der Waals surface area (Å²) in [6.07, 6.45) is 6.45. The minimum Gasteiger partial charge on any atom is -0.459 e. The number of likely N-dealkylation sites (N-methyl/N-ethyl adjacent to an activating group) is 1. The monoisotopic (exact) mass is 333 g/mol. The quantitative estimate of drug-likeness (QED) is 0.893. The fourth-order valence-corrected chi connectivity index (χ4v) is 3.87. The van der Waals surface area contributed by atoms with Crippen LogP contribution in [0.5, 0.6) is 0 Å². The first kappa shape index (κ1) is 17.0. The fourth-order valence-electron chi connectivity index (χ4n) is 3.87. The van der Waals surface area contributed by atoms with Crippen LogP contribution in [-0.4, -0.2) is 59.9 Å². The number of piperidine rings is 1. The van der Waals surface area contributed by atoms with Gasteiger partial charge in [-0.05, 0) is 57.3 Å². The summed E-state index contributed by atoms with van der Waals surface area (Å²) in [5, 5.41) is 3.08. The predicted octanol–water partition coefficient (Wildman–Crippen LogP) is 1.87. The molecule has 2 fully saturated rings. The Hall–Kier alpha value is -1.82. The van der Waals surface area contributed by atoms with Gasteiger partial charge in [-0.25, -0.2) is 0 Å². The summed E-state index contributed by atoms with van der Waals surface area (Å²) in [7, 11) is 0. The van der Waals surface area contributed by atoms with Crippen molar-refractivity contribution in [3.05, 3.63) is 24.2 Å². The molecule has 0 aromatic carbocycles. The van der Waals surface area contributed by atoms with Gasteiger partial charge in [-0.3, -0.25) is 14.5 Å². The molecule has 6 heteroatoms. The summed E-state index contributed by atoms with van der Waals surface area (Å²) in [4.78, 5) is 29.3. The molecule has 2 unspecified atom stereocenters. The molecule has 24 heavy (non-hydrogen) atoms. The molecule has 2 aliphatic heterocycles. The number of hydrogen-bond donors (Lipinski definition) is 1. The highest BCUT2D eigenvalue weighted by Gasteiger charge is 2.34. The van der Waals surface area contributed by atoms with E-state index in [1.165, 1.54) is 12.7 Å². The zero-order valence-electron chi connectivity index (χ0n) is 14.4. The number of furan rings is 1. The SMILES string of the molecule is CCN1CCCC1CNC(=O)C1CCCCN1C(=O)c1ccco1. The molecule has 0 spiro atoms. The van der Waals surface area contributed by atoms with E-state index in [-0.39, 0.29) is 17.9 Å².